The molecule has 18 heavy (non-hydrogen) atoms. The first kappa shape index (κ1) is 13.7. The largest absolute Gasteiger partial charge is 0.444 e. The van der Waals surface area contributed by atoms with Crippen LogP contribution in [0.3, 0.4) is 0 Å². The fourth-order valence-electron chi connectivity index (χ4n) is 3.36. The van der Waals surface area contributed by atoms with Crippen molar-refractivity contribution in [2.75, 3.05) is 0 Å². The van der Waals surface area contributed by atoms with Crippen molar-refractivity contribution in [1.82, 2.24) is 5.32 Å². The molecule has 0 saturated heterocycles. The van der Waals surface area contributed by atoms with E-state index in [2.05, 4.69) is 5.32 Å². The first-order valence-corrected chi connectivity index (χ1v) is 6.74. The Morgan fingerprint density at radius 1 is 1.22 bits per heavy atom. The predicted molar refractivity (Wildman–Crippen MR) is 69.2 cm³/mol. The van der Waals surface area contributed by atoms with Crippen molar-refractivity contribution < 1.29 is 14.6 Å². The number of nitrogens with one attached hydrogen (secondary N) is 1. The van der Waals surface area contributed by atoms with Crippen LogP contribution in [0.4, 0.5) is 4.79 Å². The number of carbonyl (C=O) groups is 1. The first-order valence-electron chi connectivity index (χ1n) is 6.74. The highest BCUT2D eigenvalue weighted by molar-refractivity contribution is 5.68. The summed E-state index contributed by atoms with van der Waals surface area (Å²) in [5.74, 6) is 0.504. The van der Waals surface area contributed by atoms with Crippen molar-refractivity contribution >= 4 is 6.09 Å². The minimum Gasteiger partial charge on any atom is -0.444 e. The Morgan fingerprint density at radius 3 is 2.17 bits per heavy atom. The van der Waals surface area contributed by atoms with E-state index in [4.69, 9.17) is 4.74 Å². The number of ether oxygens (including phenoxy) is 1. The number of fused-ring (bicyclic) bond motifs is 1. The Kier molecular flexibility index (Phi) is 2.93. The molecular formula is C14H25NO3. The maximum Gasteiger partial charge on any atom is 0.407 e. The van der Waals surface area contributed by atoms with Crippen LogP contribution in [0.15, 0.2) is 0 Å². The molecular weight excluding hydrogens is 230 g/mol. The molecule has 0 aliphatic heterocycles. The maximum atomic E-state index is 11.7. The molecule has 2 bridgehead atoms. The number of hydrogen-bond donors (Lipinski definition) is 2. The number of amides is 1. The lowest BCUT2D eigenvalue weighted by Gasteiger charge is -2.47. The summed E-state index contributed by atoms with van der Waals surface area (Å²) in [6.07, 6.45) is 2.54. The third-order valence-electron chi connectivity index (χ3n) is 4.49. The fourth-order valence-corrected chi connectivity index (χ4v) is 3.36. The van der Waals surface area contributed by atoms with E-state index in [1.165, 1.54) is 0 Å². The van der Waals surface area contributed by atoms with Gasteiger partial charge in [-0.25, -0.2) is 4.79 Å². The molecule has 0 heterocycles. The van der Waals surface area contributed by atoms with Crippen LogP contribution in [-0.4, -0.2) is 28.4 Å². The van der Waals surface area contributed by atoms with Crippen LogP contribution in [0.1, 0.15) is 53.9 Å². The summed E-state index contributed by atoms with van der Waals surface area (Å²) in [5.41, 5.74) is -1.12. The average Bonchev–Trinajstić information content (AvgIpc) is 2.50. The normalized spacial score (nSPS) is 35.0. The van der Waals surface area contributed by atoms with Crippen LogP contribution in [-0.2, 0) is 4.74 Å². The Labute approximate surface area is 109 Å². The summed E-state index contributed by atoms with van der Waals surface area (Å²) >= 11 is 0. The van der Waals surface area contributed by atoms with Crippen molar-refractivity contribution in [3.8, 4) is 0 Å². The zero-order valence-electron chi connectivity index (χ0n) is 12.0. The van der Waals surface area contributed by atoms with Gasteiger partial charge in [0.15, 0.2) is 0 Å². The number of alkyl carbamates (subject to hydrolysis) is 1. The van der Waals surface area contributed by atoms with Crippen molar-refractivity contribution in [1.29, 1.82) is 0 Å². The van der Waals surface area contributed by atoms with Gasteiger partial charge in [-0.2, -0.15) is 0 Å². The number of hydrogen-bond acceptors (Lipinski definition) is 3. The topological polar surface area (TPSA) is 58.6 Å². The minimum absolute atomic E-state index is 0.00263. The SMILES string of the molecule is CC(C)(C)OC(=O)N[C@@H]1CC2(C(C)(C)O)CC1C2. The molecule has 0 radical (unpaired) electrons. The van der Waals surface area contributed by atoms with E-state index in [1.807, 2.05) is 34.6 Å². The molecule has 3 saturated carbocycles. The van der Waals surface area contributed by atoms with Gasteiger partial charge < -0.3 is 15.2 Å². The van der Waals surface area contributed by atoms with Crippen LogP contribution in [0.5, 0.6) is 0 Å². The van der Waals surface area contributed by atoms with Crippen LogP contribution >= 0.6 is 0 Å². The standard InChI is InChI=1S/C14H25NO3/c1-12(2,3)18-11(16)15-10-8-14(13(4,5)17)6-9(10)7-14/h9-10,17H,6-8H2,1-5H3,(H,15,16)/t9?,10-,14?/m1/s1. The fraction of sp³-hybridized carbons (Fsp3) is 0.929. The monoisotopic (exact) mass is 255 g/mol. The lowest BCUT2D eigenvalue weighted by molar-refractivity contribution is -0.0935. The Bertz CT molecular complexity index is 345. The molecule has 3 rings (SSSR count). The molecule has 0 unspecified atom stereocenters. The second-order valence-corrected chi connectivity index (χ2v) is 7.46. The van der Waals surface area contributed by atoms with Gasteiger partial charge in [0.2, 0.25) is 0 Å². The van der Waals surface area contributed by atoms with E-state index >= 15 is 0 Å². The van der Waals surface area contributed by atoms with Crippen molar-refractivity contribution in [3.05, 3.63) is 0 Å². The number of rotatable bonds is 2. The molecule has 104 valence electrons. The molecule has 1 atom stereocenters. The smallest absolute Gasteiger partial charge is 0.407 e. The minimum atomic E-state index is -0.659. The van der Waals surface area contributed by atoms with E-state index in [1.54, 1.807) is 0 Å². The van der Waals surface area contributed by atoms with Crippen LogP contribution in [0.25, 0.3) is 0 Å². The molecule has 0 aromatic carbocycles. The van der Waals surface area contributed by atoms with Gasteiger partial charge in [-0.15, -0.1) is 0 Å². The van der Waals surface area contributed by atoms with Crippen LogP contribution < -0.4 is 5.32 Å². The molecule has 4 heteroatoms. The quantitative estimate of drug-likeness (QED) is 0.797. The van der Waals surface area contributed by atoms with E-state index in [-0.39, 0.29) is 17.6 Å². The highest BCUT2D eigenvalue weighted by Gasteiger charge is 2.62. The number of aliphatic hydroxyl groups is 1. The first-order chi connectivity index (χ1) is 8.02. The third-order valence-corrected chi connectivity index (χ3v) is 4.49. The van der Waals surface area contributed by atoms with Gasteiger partial charge in [-0.1, -0.05) is 0 Å². The second-order valence-electron chi connectivity index (χ2n) is 7.46. The average molecular weight is 255 g/mol. The molecule has 2 N–H and O–H groups in total. The zero-order valence-corrected chi connectivity index (χ0v) is 12.0. The molecule has 0 spiro atoms. The Hall–Kier alpha value is -0.770. The van der Waals surface area contributed by atoms with Gasteiger partial charge in [0.1, 0.15) is 5.60 Å². The summed E-state index contributed by atoms with van der Waals surface area (Å²) in [6, 6.07) is 0.159. The van der Waals surface area contributed by atoms with Crippen molar-refractivity contribution in [3.63, 3.8) is 0 Å². The van der Waals surface area contributed by atoms with Gasteiger partial charge in [-0.3, -0.25) is 0 Å². The molecule has 3 aliphatic carbocycles. The molecule has 0 aromatic heterocycles. The van der Waals surface area contributed by atoms with Crippen LogP contribution in [0, 0.1) is 11.3 Å². The van der Waals surface area contributed by atoms with Crippen LogP contribution in [0.2, 0.25) is 0 Å². The second kappa shape index (κ2) is 3.86. The lowest BCUT2D eigenvalue weighted by atomic mass is 9.61. The summed E-state index contributed by atoms with van der Waals surface area (Å²) in [5, 5.41) is 13.2. The highest BCUT2D eigenvalue weighted by atomic mass is 16.6. The summed E-state index contributed by atoms with van der Waals surface area (Å²) in [7, 11) is 0. The summed E-state index contributed by atoms with van der Waals surface area (Å²) in [6.45, 7) is 9.33. The van der Waals surface area contributed by atoms with E-state index < -0.39 is 11.2 Å². The molecule has 0 aromatic rings. The zero-order chi connectivity index (χ0) is 13.8. The molecule has 1 amide bonds. The number of carbonyl (C=O) groups excluding carboxylic acids is 1. The highest BCUT2D eigenvalue weighted by Crippen LogP contribution is 2.63. The Balaban J connectivity index is 1.90. The third kappa shape index (κ3) is 2.35. The van der Waals surface area contributed by atoms with Gasteiger partial charge in [0, 0.05) is 11.5 Å². The molecule has 4 nitrogen and oxygen atoms in total. The molecule has 3 aliphatic rings. The van der Waals surface area contributed by atoms with E-state index in [0.717, 1.165) is 19.3 Å². The van der Waals surface area contributed by atoms with Crippen molar-refractivity contribution in [2.45, 2.75) is 71.1 Å². The lowest BCUT2D eigenvalue weighted by Crippen LogP contribution is -2.47. The van der Waals surface area contributed by atoms with Gasteiger partial charge in [0.05, 0.1) is 5.60 Å². The summed E-state index contributed by atoms with van der Waals surface area (Å²) in [4.78, 5) is 11.7. The van der Waals surface area contributed by atoms with E-state index in [0.29, 0.717) is 5.92 Å². The van der Waals surface area contributed by atoms with Gasteiger partial charge >= 0.3 is 6.09 Å². The van der Waals surface area contributed by atoms with E-state index in [9.17, 15) is 9.90 Å². The maximum absolute atomic E-state index is 11.7. The van der Waals surface area contributed by atoms with Gasteiger partial charge in [0.25, 0.3) is 0 Å². The Morgan fingerprint density at radius 2 is 1.78 bits per heavy atom. The predicted octanol–water partition coefficient (Wildman–Crippen LogP) is 2.45. The molecule has 3 fully saturated rings. The van der Waals surface area contributed by atoms with Crippen molar-refractivity contribution in [2.24, 2.45) is 11.3 Å². The van der Waals surface area contributed by atoms with Gasteiger partial charge in [-0.05, 0) is 59.8 Å². The summed E-state index contributed by atoms with van der Waals surface area (Å²) < 4.78 is 5.27.